The lowest BCUT2D eigenvalue weighted by atomic mass is 9.95. The number of aromatic nitrogens is 1. The molecule has 1 aliphatic rings. The van der Waals surface area contributed by atoms with Crippen LogP contribution in [0, 0.1) is 0 Å². The molecule has 5 heteroatoms. The molecule has 0 saturated heterocycles. The molecule has 1 aromatic heterocycles. The lowest BCUT2D eigenvalue weighted by molar-refractivity contribution is 0.0688. The lowest BCUT2D eigenvalue weighted by Gasteiger charge is -2.24. The van der Waals surface area contributed by atoms with E-state index in [0.717, 1.165) is 12.8 Å². The van der Waals surface area contributed by atoms with E-state index in [1.807, 2.05) is 18.2 Å². The van der Waals surface area contributed by atoms with Crippen LogP contribution in [0.3, 0.4) is 0 Å². The number of carboxylic acids is 1. The fraction of sp³-hybridized carbons (Fsp3) is 0.278. The molecule has 0 bridgehead atoms. The quantitative estimate of drug-likeness (QED) is 0.921. The fourth-order valence-electron chi connectivity index (χ4n) is 2.87. The minimum Gasteiger partial charge on any atom is -0.477 e. The Bertz CT molecular complexity index is 722. The maximum Gasteiger partial charge on any atom is 0.354 e. The third kappa shape index (κ3) is 3.08. The normalized spacial score (nSPS) is 15.0. The van der Waals surface area contributed by atoms with Crippen LogP contribution in [0.25, 0.3) is 0 Å². The number of nitrogens with zero attached hydrogens (tertiary/aromatic N) is 2. The molecule has 118 valence electrons. The molecule has 5 nitrogen and oxygen atoms in total. The monoisotopic (exact) mass is 310 g/mol. The molecule has 0 radical (unpaired) electrons. The van der Waals surface area contributed by atoms with E-state index in [4.69, 9.17) is 5.11 Å². The topological polar surface area (TPSA) is 70.5 Å². The maximum absolute atomic E-state index is 12.5. The highest BCUT2D eigenvalue weighted by atomic mass is 16.4. The van der Waals surface area contributed by atoms with E-state index < -0.39 is 5.97 Å². The summed E-state index contributed by atoms with van der Waals surface area (Å²) in [5.74, 6) is -1.24. The van der Waals surface area contributed by atoms with Crippen LogP contribution >= 0.6 is 0 Å². The summed E-state index contributed by atoms with van der Waals surface area (Å²) < 4.78 is 0. The molecule has 0 aliphatic heterocycles. The van der Waals surface area contributed by atoms with Crippen LogP contribution in [0.15, 0.2) is 48.7 Å². The molecule has 23 heavy (non-hydrogen) atoms. The first kappa shape index (κ1) is 15.2. The maximum atomic E-state index is 12.5. The van der Waals surface area contributed by atoms with E-state index in [9.17, 15) is 9.59 Å². The summed E-state index contributed by atoms with van der Waals surface area (Å²) in [5, 5.41) is 8.85. The number of pyridine rings is 1. The molecule has 1 heterocycles. The van der Waals surface area contributed by atoms with Gasteiger partial charge in [0.15, 0.2) is 0 Å². The number of benzene rings is 1. The zero-order valence-corrected chi connectivity index (χ0v) is 12.9. The Labute approximate surface area is 134 Å². The molecular formula is C18H18N2O3. The van der Waals surface area contributed by atoms with Crippen LogP contribution in [0.1, 0.15) is 39.3 Å². The highest BCUT2D eigenvalue weighted by Crippen LogP contribution is 2.48. The van der Waals surface area contributed by atoms with Gasteiger partial charge in [0.2, 0.25) is 0 Å². The van der Waals surface area contributed by atoms with Crippen molar-refractivity contribution in [3.63, 3.8) is 0 Å². The Morgan fingerprint density at radius 1 is 1.17 bits per heavy atom. The molecule has 0 spiro atoms. The highest BCUT2D eigenvalue weighted by Gasteiger charge is 2.45. The molecule has 1 fully saturated rings. The molecule has 1 saturated carbocycles. The van der Waals surface area contributed by atoms with Crippen molar-refractivity contribution in [2.45, 2.75) is 18.3 Å². The number of amides is 1. The molecule has 1 N–H and O–H groups in total. The summed E-state index contributed by atoms with van der Waals surface area (Å²) in [6.45, 7) is 0.649. The third-order valence-electron chi connectivity index (χ3n) is 4.36. The van der Waals surface area contributed by atoms with Gasteiger partial charge < -0.3 is 10.0 Å². The Kier molecular flexibility index (Phi) is 3.86. The summed E-state index contributed by atoms with van der Waals surface area (Å²) in [6.07, 6.45) is 3.47. The number of hydrogen-bond acceptors (Lipinski definition) is 3. The van der Waals surface area contributed by atoms with Gasteiger partial charge in [-0.2, -0.15) is 0 Å². The Hall–Kier alpha value is -2.69. The molecular weight excluding hydrogens is 292 g/mol. The summed E-state index contributed by atoms with van der Waals surface area (Å²) >= 11 is 0. The Morgan fingerprint density at radius 2 is 1.87 bits per heavy atom. The largest absolute Gasteiger partial charge is 0.477 e. The van der Waals surface area contributed by atoms with Crippen molar-refractivity contribution >= 4 is 11.9 Å². The SMILES string of the molecule is CN(CC1(c2ccccc2)CC1)C(=O)c1ccc(C(=O)O)nc1. The van der Waals surface area contributed by atoms with Gasteiger partial charge in [-0.05, 0) is 30.5 Å². The minimum atomic E-state index is -1.10. The van der Waals surface area contributed by atoms with Gasteiger partial charge in [-0.15, -0.1) is 0 Å². The van der Waals surface area contributed by atoms with Gasteiger partial charge in [0, 0.05) is 25.2 Å². The van der Waals surface area contributed by atoms with Gasteiger partial charge in [-0.3, -0.25) is 4.79 Å². The average molecular weight is 310 g/mol. The predicted octanol–water partition coefficient (Wildman–Crippen LogP) is 2.58. The van der Waals surface area contributed by atoms with Crippen LogP contribution in [0.4, 0.5) is 0 Å². The predicted molar refractivity (Wildman–Crippen MR) is 85.5 cm³/mol. The van der Waals surface area contributed by atoms with E-state index in [-0.39, 0.29) is 17.0 Å². The molecule has 1 amide bonds. The molecule has 3 rings (SSSR count). The van der Waals surface area contributed by atoms with Crippen molar-refractivity contribution in [2.75, 3.05) is 13.6 Å². The molecule has 1 aromatic carbocycles. The van der Waals surface area contributed by atoms with Crippen LogP contribution < -0.4 is 0 Å². The van der Waals surface area contributed by atoms with E-state index in [1.54, 1.807) is 11.9 Å². The van der Waals surface area contributed by atoms with Gasteiger partial charge in [0.1, 0.15) is 5.69 Å². The van der Waals surface area contributed by atoms with Gasteiger partial charge in [-0.1, -0.05) is 30.3 Å². The van der Waals surface area contributed by atoms with E-state index in [1.165, 1.54) is 23.9 Å². The number of carbonyl (C=O) groups excluding carboxylic acids is 1. The van der Waals surface area contributed by atoms with Gasteiger partial charge in [-0.25, -0.2) is 9.78 Å². The Morgan fingerprint density at radius 3 is 2.39 bits per heavy atom. The van der Waals surface area contributed by atoms with Crippen LogP contribution in [-0.2, 0) is 5.41 Å². The molecule has 0 unspecified atom stereocenters. The molecule has 1 aliphatic carbocycles. The van der Waals surface area contributed by atoms with Gasteiger partial charge in [0.05, 0.1) is 5.56 Å². The van der Waals surface area contributed by atoms with E-state index in [2.05, 4.69) is 17.1 Å². The van der Waals surface area contributed by atoms with Gasteiger partial charge in [0.25, 0.3) is 5.91 Å². The van der Waals surface area contributed by atoms with Crippen molar-refractivity contribution in [3.05, 3.63) is 65.5 Å². The first-order chi connectivity index (χ1) is 11.0. The fourth-order valence-corrected chi connectivity index (χ4v) is 2.87. The number of likely N-dealkylation sites (N-methyl/N-ethyl adjacent to an activating group) is 1. The smallest absolute Gasteiger partial charge is 0.354 e. The second-order valence-corrected chi connectivity index (χ2v) is 6.04. The number of rotatable bonds is 5. The van der Waals surface area contributed by atoms with E-state index in [0.29, 0.717) is 12.1 Å². The first-order valence-electron chi connectivity index (χ1n) is 7.52. The van der Waals surface area contributed by atoms with Crippen molar-refractivity contribution in [3.8, 4) is 0 Å². The molecule has 0 atom stereocenters. The number of carboxylic acid groups (broad SMARTS) is 1. The first-order valence-corrected chi connectivity index (χ1v) is 7.52. The number of hydrogen-bond donors (Lipinski definition) is 1. The number of carbonyl (C=O) groups is 2. The molecule has 2 aromatic rings. The summed E-state index contributed by atoms with van der Waals surface area (Å²) in [7, 11) is 1.77. The van der Waals surface area contributed by atoms with Crippen molar-refractivity contribution in [1.82, 2.24) is 9.88 Å². The van der Waals surface area contributed by atoms with Gasteiger partial charge >= 0.3 is 5.97 Å². The van der Waals surface area contributed by atoms with Crippen LogP contribution in [-0.4, -0.2) is 40.5 Å². The zero-order chi connectivity index (χ0) is 16.4. The Balaban J connectivity index is 1.72. The second-order valence-electron chi connectivity index (χ2n) is 6.04. The van der Waals surface area contributed by atoms with Crippen LogP contribution in [0.2, 0.25) is 0 Å². The standard InChI is InChI=1S/C18H18N2O3/c1-20(12-18(9-10-18)14-5-3-2-4-6-14)16(21)13-7-8-15(17(22)23)19-11-13/h2-8,11H,9-10,12H2,1H3,(H,22,23). The summed E-state index contributed by atoms with van der Waals surface area (Å²) in [6, 6.07) is 13.1. The zero-order valence-electron chi connectivity index (χ0n) is 12.9. The minimum absolute atomic E-state index is 0.0557. The van der Waals surface area contributed by atoms with Crippen molar-refractivity contribution in [2.24, 2.45) is 0 Å². The van der Waals surface area contributed by atoms with Crippen LogP contribution in [0.5, 0.6) is 0 Å². The summed E-state index contributed by atoms with van der Waals surface area (Å²) in [5.41, 5.74) is 1.66. The van der Waals surface area contributed by atoms with Crippen molar-refractivity contribution in [1.29, 1.82) is 0 Å². The third-order valence-corrected chi connectivity index (χ3v) is 4.36. The lowest BCUT2D eigenvalue weighted by Crippen LogP contribution is -2.34. The van der Waals surface area contributed by atoms with Crippen molar-refractivity contribution < 1.29 is 14.7 Å². The number of aromatic carboxylic acids is 1. The average Bonchev–Trinajstić information content (AvgIpc) is 3.36. The second kappa shape index (κ2) is 5.83. The summed E-state index contributed by atoms with van der Waals surface area (Å²) in [4.78, 5) is 28.8. The van der Waals surface area contributed by atoms with E-state index >= 15 is 0 Å². The highest BCUT2D eigenvalue weighted by molar-refractivity contribution is 5.94.